The zero-order chi connectivity index (χ0) is 15.7. The lowest BCUT2D eigenvalue weighted by Gasteiger charge is -2.07. The predicted molar refractivity (Wildman–Crippen MR) is 76.3 cm³/mol. The Bertz CT molecular complexity index is 505. The van der Waals surface area contributed by atoms with Gasteiger partial charge in [-0.1, -0.05) is 23.7 Å². The molecule has 0 aromatic heterocycles. The summed E-state index contributed by atoms with van der Waals surface area (Å²) in [6, 6.07) is 6.71. The minimum atomic E-state index is -0.949. The highest BCUT2D eigenvalue weighted by molar-refractivity contribution is 6.35. The van der Waals surface area contributed by atoms with E-state index in [9.17, 15) is 14.4 Å². The smallest absolute Gasteiger partial charge is 0.327 e. The molecule has 3 N–H and O–H groups in total. The molecule has 0 bridgehead atoms. The number of hydrogen-bond acceptors (Lipinski definition) is 4. The minimum Gasteiger partial charge on any atom is -0.383 e. The lowest BCUT2D eigenvalue weighted by molar-refractivity contribution is -0.140. The Kier molecular flexibility index (Phi) is 7.20. The number of carbonyl (C=O) groups is 3. The summed E-state index contributed by atoms with van der Waals surface area (Å²) in [5, 5.41) is 2.89. The number of methoxy groups -OCH3 is 1. The molecule has 3 amide bonds. The van der Waals surface area contributed by atoms with Crippen molar-refractivity contribution in [1.82, 2.24) is 16.2 Å². The summed E-state index contributed by atoms with van der Waals surface area (Å²) in [6.45, 7) is 0.503. The van der Waals surface area contributed by atoms with Gasteiger partial charge in [0.15, 0.2) is 0 Å². The maximum Gasteiger partial charge on any atom is 0.327 e. The SMILES string of the molecule is COCCNC(=O)C(=O)NNC(=O)Cc1ccc(Cl)cc1. The molecule has 8 heteroatoms. The Labute approximate surface area is 127 Å². The monoisotopic (exact) mass is 313 g/mol. The van der Waals surface area contributed by atoms with Crippen LogP contribution in [0.25, 0.3) is 0 Å². The van der Waals surface area contributed by atoms with Gasteiger partial charge in [0, 0.05) is 18.7 Å². The summed E-state index contributed by atoms with van der Waals surface area (Å²) in [4.78, 5) is 34.2. The van der Waals surface area contributed by atoms with Crippen molar-refractivity contribution in [1.29, 1.82) is 0 Å². The summed E-state index contributed by atoms with van der Waals surface area (Å²) in [7, 11) is 1.48. The molecule has 0 radical (unpaired) electrons. The van der Waals surface area contributed by atoms with Crippen molar-refractivity contribution < 1.29 is 19.1 Å². The largest absolute Gasteiger partial charge is 0.383 e. The summed E-state index contributed by atoms with van der Waals surface area (Å²) in [6.07, 6.45) is 0.0583. The maximum atomic E-state index is 11.6. The van der Waals surface area contributed by atoms with Crippen LogP contribution in [0.3, 0.4) is 0 Å². The van der Waals surface area contributed by atoms with Crippen LogP contribution in [0.15, 0.2) is 24.3 Å². The number of halogens is 1. The first-order valence-corrected chi connectivity index (χ1v) is 6.51. The Hall–Kier alpha value is -2.12. The van der Waals surface area contributed by atoms with E-state index in [0.29, 0.717) is 11.6 Å². The molecule has 7 nitrogen and oxygen atoms in total. The third kappa shape index (κ3) is 6.73. The second-order valence-corrected chi connectivity index (χ2v) is 4.49. The molecule has 0 unspecified atom stereocenters. The van der Waals surface area contributed by atoms with Gasteiger partial charge in [-0.2, -0.15) is 0 Å². The number of ether oxygens (including phenoxy) is 1. The first-order valence-electron chi connectivity index (χ1n) is 6.13. The fourth-order valence-corrected chi connectivity index (χ4v) is 1.49. The van der Waals surface area contributed by atoms with Crippen molar-refractivity contribution in [2.75, 3.05) is 20.3 Å². The Morgan fingerprint density at radius 1 is 1.10 bits per heavy atom. The van der Waals surface area contributed by atoms with Crippen molar-refractivity contribution in [3.05, 3.63) is 34.9 Å². The van der Waals surface area contributed by atoms with Crippen LogP contribution in [0.2, 0.25) is 5.02 Å². The van der Waals surface area contributed by atoms with Crippen LogP contribution in [0.5, 0.6) is 0 Å². The molecule has 0 spiro atoms. The summed E-state index contributed by atoms with van der Waals surface area (Å²) in [5.41, 5.74) is 4.91. The van der Waals surface area contributed by atoms with E-state index in [0.717, 1.165) is 5.56 Å². The number of hydrogen-bond donors (Lipinski definition) is 3. The van der Waals surface area contributed by atoms with Gasteiger partial charge in [0.1, 0.15) is 0 Å². The molecule has 114 valence electrons. The first kappa shape index (κ1) is 16.9. The second kappa shape index (κ2) is 8.93. The van der Waals surface area contributed by atoms with Crippen molar-refractivity contribution in [2.45, 2.75) is 6.42 Å². The van der Waals surface area contributed by atoms with E-state index in [4.69, 9.17) is 16.3 Å². The Morgan fingerprint density at radius 2 is 1.76 bits per heavy atom. The number of benzene rings is 1. The van der Waals surface area contributed by atoms with Gasteiger partial charge >= 0.3 is 11.8 Å². The standard InChI is InChI=1S/C13H16ClN3O4/c1-21-7-6-15-12(19)13(20)17-16-11(18)8-9-2-4-10(14)5-3-9/h2-5H,6-8H2,1H3,(H,15,19)(H,16,18)(H,17,20). The Balaban J connectivity index is 2.30. The van der Waals surface area contributed by atoms with E-state index >= 15 is 0 Å². The lowest BCUT2D eigenvalue weighted by atomic mass is 10.1. The van der Waals surface area contributed by atoms with Gasteiger partial charge in [-0.15, -0.1) is 0 Å². The highest BCUT2D eigenvalue weighted by Crippen LogP contribution is 2.09. The summed E-state index contributed by atoms with van der Waals surface area (Å²) < 4.78 is 4.72. The maximum absolute atomic E-state index is 11.6. The van der Waals surface area contributed by atoms with Crippen molar-refractivity contribution in [3.63, 3.8) is 0 Å². The van der Waals surface area contributed by atoms with Gasteiger partial charge < -0.3 is 10.1 Å². The van der Waals surface area contributed by atoms with E-state index in [1.165, 1.54) is 7.11 Å². The molecule has 0 atom stereocenters. The zero-order valence-electron chi connectivity index (χ0n) is 11.4. The number of nitrogens with one attached hydrogen (secondary N) is 3. The topological polar surface area (TPSA) is 96.5 Å². The van der Waals surface area contributed by atoms with Gasteiger partial charge in [0.05, 0.1) is 13.0 Å². The lowest BCUT2D eigenvalue weighted by Crippen LogP contribution is -2.49. The Morgan fingerprint density at radius 3 is 2.38 bits per heavy atom. The van der Waals surface area contributed by atoms with E-state index in [2.05, 4.69) is 10.7 Å². The highest BCUT2D eigenvalue weighted by Gasteiger charge is 2.13. The third-order valence-corrected chi connectivity index (χ3v) is 2.64. The van der Waals surface area contributed by atoms with Crippen LogP contribution in [-0.2, 0) is 25.5 Å². The molecule has 0 heterocycles. The fraction of sp³-hybridized carbons (Fsp3) is 0.308. The molecule has 1 aromatic carbocycles. The average Bonchev–Trinajstić information content (AvgIpc) is 2.47. The fourth-order valence-electron chi connectivity index (χ4n) is 1.36. The molecular formula is C13H16ClN3O4. The quantitative estimate of drug-likeness (QED) is 0.398. The van der Waals surface area contributed by atoms with Crippen molar-refractivity contribution in [3.8, 4) is 0 Å². The molecule has 1 rings (SSSR count). The molecule has 0 saturated carbocycles. The third-order valence-electron chi connectivity index (χ3n) is 2.39. The van der Waals surface area contributed by atoms with E-state index in [1.54, 1.807) is 24.3 Å². The number of amides is 3. The summed E-state index contributed by atoms with van der Waals surface area (Å²) >= 11 is 5.73. The molecule has 0 saturated heterocycles. The number of carbonyl (C=O) groups excluding carboxylic acids is 3. The van der Waals surface area contributed by atoms with Gasteiger partial charge in [-0.3, -0.25) is 25.2 Å². The molecule has 0 fully saturated rings. The number of rotatable bonds is 5. The van der Waals surface area contributed by atoms with Crippen LogP contribution >= 0.6 is 11.6 Å². The second-order valence-electron chi connectivity index (χ2n) is 4.05. The van der Waals surface area contributed by atoms with Gasteiger partial charge in [-0.25, -0.2) is 0 Å². The first-order chi connectivity index (χ1) is 10.0. The van der Waals surface area contributed by atoms with Gasteiger partial charge in [0.25, 0.3) is 0 Å². The van der Waals surface area contributed by atoms with Crippen LogP contribution in [0, 0.1) is 0 Å². The van der Waals surface area contributed by atoms with Crippen LogP contribution in [0.4, 0.5) is 0 Å². The predicted octanol–water partition coefficient (Wildman–Crippen LogP) is -0.207. The van der Waals surface area contributed by atoms with E-state index in [1.807, 2.05) is 5.43 Å². The van der Waals surface area contributed by atoms with Crippen molar-refractivity contribution in [2.24, 2.45) is 0 Å². The van der Waals surface area contributed by atoms with Crippen molar-refractivity contribution >= 4 is 29.3 Å². The van der Waals surface area contributed by atoms with Crippen LogP contribution in [-0.4, -0.2) is 38.0 Å². The number of hydrazine groups is 1. The highest BCUT2D eigenvalue weighted by atomic mass is 35.5. The average molecular weight is 314 g/mol. The molecule has 0 aliphatic heterocycles. The molecule has 1 aromatic rings. The molecule has 0 aliphatic carbocycles. The van der Waals surface area contributed by atoms with E-state index < -0.39 is 17.7 Å². The van der Waals surface area contributed by atoms with E-state index in [-0.39, 0.29) is 13.0 Å². The zero-order valence-corrected chi connectivity index (χ0v) is 12.2. The molecular weight excluding hydrogens is 298 g/mol. The minimum absolute atomic E-state index is 0.0583. The molecule has 0 aliphatic rings. The summed E-state index contributed by atoms with van der Waals surface area (Å²) in [5.74, 6) is -2.25. The van der Waals surface area contributed by atoms with Crippen LogP contribution < -0.4 is 16.2 Å². The van der Waals surface area contributed by atoms with Gasteiger partial charge in [-0.05, 0) is 17.7 Å². The van der Waals surface area contributed by atoms with Gasteiger partial charge in [0.2, 0.25) is 5.91 Å². The normalized spacial score (nSPS) is 9.81. The molecule has 21 heavy (non-hydrogen) atoms. The van der Waals surface area contributed by atoms with Crippen LogP contribution in [0.1, 0.15) is 5.56 Å².